The maximum Gasteiger partial charge on any atom is 0.215 e. The van der Waals surface area contributed by atoms with Crippen molar-refractivity contribution >= 4 is 21.9 Å². The van der Waals surface area contributed by atoms with Crippen molar-refractivity contribution in [1.82, 2.24) is 0 Å². The number of allylic oxidation sites excluding steroid dienone is 5. The minimum absolute atomic E-state index is 0.0686. The molecule has 1 aliphatic heterocycles. The van der Waals surface area contributed by atoms with Gasteiger partial charge < -0.3 is 4.55 Å². The van der Waals surface area contributed by atoms with E-state index < -0.39 is 10.1 Å². The van der Waals surface area contributed by atoms with Crippen molar-refractivity contribution in [3.63, 3.8) is 0 Å². The molecule has 1 aliphatic carbocycles. The van der Waals surface area contributed by atoms with Gasteiger partial charge >= 0.3 is 0 Å². The van der Waals surface area contributed by atoms with Crippen molar-refractivity contribution in [3.05, 3.63) is 52.7 Å². The molecule has 0 fully saturated rings. The van der Waals surface area contributed by atoms with Crippen LogP contribution in [0.15, 0.2) is 47.0 Å². The quantitative estimate of drug-likeness (QED) is 0.550. The summed E-state index contributed by atoms with van der Waals surface area (Å²) in [4.78, 5) is -0.0686. The molecule has 0 aromatic carbocycles. The van der Waals surface area contributed by atoms with Crippen LogP contribution in [0, 0.1) is 0 Å². The zero-order valence-corrected chi connectivity index (χ0v) is 9.65. The highest BCUT2D eigenvalue weighted by Crippen LogP contribution is 2.32. The van der Waals surface area contributed by atoms with E-state index in [9.17, 15) is 13.0 Å². The molecule has 0 amide bonds. The summed E-state index contributed by atoms with van der Waals surface area (Å²) < 4.78 is 34.9. The molecular weight excluding hydrogens is 238 g/mol. The molecule has 3 rings (SSSR count). The van der Waals surface area contributed by atoms with Gasteiger partial charge in [0.05, 0.1) is 0 Å². The minimum atomic E-state index is -4.34. The second-order valence-corrected chi connectivity index (χ2v) is 5.41. The molecule has 1 aromatic rings. The Kier molecular flexibility index (Phi) is 2.08. The summed E-state index contributed by atoms with van der Waals surface area (Å²) in [6.07, 6.45) is 7.07. The molecule has 0 N–H and O–H groups in total. The van der Waals surface area contributed by atoms with Gasteiger partial charge in [0.25, 0.3) is 0 Å². The first-order valence-electron chi connectivity index (χ1n) is 5.14. The summed E-state index contributed by atoms with van der Waals surface area (Å²) in [6, 6.07) is 5.77. The van der Waals surface area contributed by atoms with Gasteiger partial charge in [-0.1, -0.05) is 0 Å². The van der Waals surface area contributed by atoms with E-state index in [1.165, 1.54) is 6.08 Å². The fourth-order valence-corrected chi connectivity index (χ4v) is 2.69. The maximum atomic E-state index is 11.0. The first-order chi connectivity index (χ1) is 8.05. The highest BCUT2D eigenvalue weighted by Gasteiger charge is 2.30. The van der Waals surface area contributed by atoms with Crippen LogP contribution in [0.4, 0.5) is 0 Å². The highest BCUT2D eigenvalue weighted by atomic mass is 32.2. The Hall–Kier alpha value is -1.72. The van der Waals surface area contributed by atoms with E-state index in [0.717, 1.165) is 17.0 Å². The van der Waals surface area contributed by atoms with Gasteiger partial charge in [-0.15, -0.1) is 0 Å². The van der Waals surface area contributed by atoms with Gasteiger partial charge in [0.1, 0.15) is 10.1 Å². The lowest BCUT2D eigenvalue weighted by Crippen LogP contribution is -2.32. The average Bonchev–Trinajstić information content (AvgIpc) is 2.65. The van der Waals surface area contributed by atoms with Gasteiger partial charge in [-0.25, -0.2) is 8.42 Å². The van der Waals surface area contributed by atoms with Crippen molar-refractivity contribution in [3.8, 4) is 0 Å². The number of hydrogen-bond donors (Lipinski definition) is 0. The fourth-order valence-electron chi connectivity index (χ4n) is 2.12. The van der Waals surface area contributed by atoms with Crippen LogP contribution in [0.25, 0.3) is 11.8 Å². The topological polar surface area (TPSA) is 61.1 Å². The third kappa shape index (κ3) is 1.64. The number of fused-ring (bicyclic) bond motifs is 3. The zero-order chi connectivity index (χ0) is 12.0. The average molecular weight is 247 g/mol. The van der Waals surface area contributed by atoms with E-state index >= 15 is 0 Å². The molecule has 2 heterocycles. The van der Waals surface area contributed by atoms with Gasteiger partial charge in [0, 0.05) is 41.2 Å². The number of pyridine rings is 1. The maximum absolute atomic E-state index is 11.0. The Labute approximate surface area is 99.0 Å². The van der Waals surface area contributed by atoms with Gasteiger partial charge in [-0.2, -0.15) is 4.57 Å². The Morgan fingerprint density at radius 1 is 1.24 bits per heavy atom. The molecule has 1 aromatic heterocycles. The number of nitrogens with zero attached hydrogens (tertiary/aromatic N) is 1. The van der Waals surface area contributed by atoms with Crippen molar-refractivity contribution in [2.24, 2.45) is 0 Å². The monoisotopic (exact) mass is 247 g/mol. The van der Waals surface area contributed by atoms with Crippen LogP contribution in [0.5, 0.6) is 0 Å². The summed E-state index contributed by atoms with van der Waals surface area (Å²) in [5.41, 5.74) is 2.80. The van der Waals surface area contributed by atoms with E-state index in [1.54, 1.807) is 6.08 Å². The molecule has 0 atom stereocenters. The molecule has 17 heavy (non-hydrogen) atoms. The van der Waals surface area contributed by atoms with Crippen molar-refractivity contribution in [1.29, 1.82) is 0 Å². The van der Waals surface area contributed by atoms with Crippen LogP contribution >= 0.6 is 0 Å². The van der Waals surface area contributed by atoms with Crippen molar-refractivity contribution in [2.45, 2.75) is 6.42 Å². The fraction of sp³-hybridized carbons (Fsp3) is 0.0833. The second kappa shape index (κ2) is 3.38. The Morgan fingerprint density at radius 3 is 2.82 bits per heavy atom. The van der Waals surface area contributed by atoms with Gasteiger partial charge in [0.2, 0.25) is 11.4 Å². The van der Waals surface area contributed by atoms with Crippen molar-refractivity contribution < 1.29 is 17.5 Å². The third-order valence-electron chi connectivity index (χ3n) is 2.91. The highest BCUT2D eigenvalue weighted by molar-refractivity contribution is 7.89. The van der Waals surface area contributed by atoms with Gasteiger partial charge in [0.15, 0.2) is 6.20 Å². The van der Waals surface area contributed by atoms with E-state index in [2.05, 4.69) is 0 Å². The largest absolute Gasteiger partial charge is 0.744 e. The lowest BCUT2D eigenvalue weighted by atomic mass is 10.1. The second-order valence-electron chi connectivity index (χ2n) is 3.98. The molecule has 0 radical (unpaired) electrons. The number of hydrogen-bond acceptors (Lipinski definition) is 3. The van der Waals surface area contributed by atoms with E-state index in [4.69, 9.17) is 0 Å². The van der Waals surface area contributed by atoms with Crippen LogP contribution in [0.3, 0.4) is 0 Å². The smallest absolute Gasteiger partial charge is 0.215 e. The van der Waals surface area contributed by atoms with Crippen LogP contribution in [0.1, 0.15) is 12.1 Å². The zero-order valence-electron chi connectivity index (χ0n) is 8.83. The summed E-state index contributed by atoms with van der Waals surface area (Å²) >= 11 is 0. The molecule has 0 saturated carbocycles. The van der Waals surface area contributed by atoms with Crippen LogP contribution in [-0.2, 0) is 10.1 Å². The lowest BCUT2D eigenvalue weighted by Gasteiger charge is -2.14. The normalized spacial score (nSPS) is 17.8. The van der Waals surface area contributed by atoms with Gasteiger partial charge in [-0.05, 0) is 12.1 Å². The molecule has 0 bridgehead atoms. The third-order valence-corrected chi connectivity index (χ3v) is 3.84. The SMILES string of the molecule is O=S(=O)([O-])C1=CC=C2C(=Cc3cccc[n+]32)C1. The predicted molar refractivity (Wildman–Crippen MR) is 61.3 cm³/mol. The summed E-state index contributed by atoms with van der Waals surface area (Å²) in [5, 5.41) is 0. The van der Waals surface area contributed by atoms with Gasteiger partial charge in [-0.3, -0.25) is 0 Å². The molecule has 0 spiro atoms. The molecule has 86 valence electrons. The van der Waals surface area contributed by atoms with Crippen molar-refractivity contribution in [2.75, 3.05) is 0 Å². The molecule has 5 heteroatoms. The summed E-state index contributed by atoms with van der Waals surface area (Å²) in [5.74, 6) is 0. The summed E-state index contributed by atoms with van der Waals surface area (Å²) in [6.45, 7) is 0. The Morgan fingerprint density at radius 2 is 2.06 bits per heavy atom. The first-order valence-corrected chi connectivity index (χ1v) is 6.55. The molecule has 0 unspecified atom stereocenters. The van der Waals surface area contributed by atoms with Crippen LogP contribution in [0.2, 0.25) is 0 Å². The summed E-state index contributed by atoms with van der Waals surface area (Å²) in [7, 11) is -4.34. The Balaban J connectivity index is 2.12. The van der Waals surface area contributed by atoms with Crippen LogP contribution < -0.4 is 4.57 Å². The van der Waals surface area contributed by atoms with Crippen LogP contribution in [-0.4, -0.2) is 13.0 Å². The predicted octanol–water partition coefficient (Wildman–Crippen LogP) is 1.04. The number of aromatic nitrogens is 1. The Bertz CT molecular complexity index is 696. The molecule has 4 nitrogen and oxygen atoms in total. The van der Waals surface area contributed by atoms with E-state index in [0.29, 0.717) is 0 Å². The minimum Gasteiger partial charge on any atom is -0.744 e. The molecule has 2 aliphatic rings. The number of rotatable bonds is 1. The van der Waals surface area contributed by atoms with E-state index in [1.807, 2.05) is 35.0 Å². The standard InChI is InChI=1S/C12H9NO3S/c14-17(15,16)11-4-5-12-9(8-11)7-10-3-1-2-6-13(10)12/h1-7H,8H2. The molecule has 0 saturated heterocycles. The molecular formula is C12H9NO3S. The van der Waals surface area contributed by atoms with E-state index in [-0.39, 0.29) is 11.3 Å². The lowest BCUT2D eigenvalue weighted by molar-refractivity contribution is -0.578. The first kappa shape index (κ1) is 10.4.